The fraction of sp³-hybridized carbons (Fsp3) is 0.345. The van der Waals surface area contributed by atoms with Crippen molar-refractivity contribution in [2.75, 3.05) is 11.5 Å². The van der Waals surface area contributed by atoms with E-state index in [9.17, 15) is 28.0 Å². The van der Waals surface area contributed by atoms with Gasteiger partial charge >= 0.3 is 6.18 Å². The van der Waals surface area contributed by atoms with Crippen LogP contribution < -0.4 is 9.64 Å². The lowest BCUT2D eigenvalue weighted by molar-refractivity contribution is -0.138. The van der Waals surface area contributed by atoms with Gasteiger partial charge in [-0.3, -0.25) is 9.59 Å². The maximum Gasteiger partial charge on any atom is 0.416 e. The fourth-order valence-electron chi connectivity index (χ4n) is 6.52. The molecule has 0 saturated carbocycles. The lowest BCUT2D eigenvalue weighted by Crippen LogP contribution is -2.43. The molecule has 6 nitrogen and oxygen atoms in total. The summed E-state index contributed by atoms with van der Waals surface area (Å²) in [6.45, 7) is 1.84. The number of rotatable bonds is 5. The van der Waals surface area contributed by atoms with Gasteiger partial charge in [0.1, 0.15) is 11.8 Å². The average Bonchev–Trinajstić information content (AvgIpc) is 3.47. The molecular formula is C29H23F3N2O4. The zero-order valence-electron chi connectivity index (χ0n) is 20.4. The highest BCUT2D eigenvalue weighted by Crippen LogP contribution is 2.62. The van der Waals surface area contributed by atoms with Gasteiger partial charge in [-0.2, -0.15) is 18.4 Å². The number of anilines is 1. The Hall–Kier alpha value is -3.90. The minimum Gasteiger partial charge on any atom is -0.493 e. The molecule has 3 heterocycles. The van der Waals surface area contributed by atoms with Gasteiger partial charge in [0.2, 0.25) is 11.8 Å². The Kier molecular flexibility index (Phi) is 5.34. The van der Waals surface area contributed by atoms with Crippen molar-refractivity contribution in [3.63, 3.8) is 0 Å². The van der Waals surface area contributed by atoms with Crippen molar-refractivity contribution in [2.24, 2.45) is 11.8 Å². The summed E-state index contributed by atoms with van der Waals surface area (Å²) in [4.78, 5) is 28.8. The monoisotopic (exact) mass is 520 g/mol. The van der Waals surface area contributed by atoms with E-state index in [2.05, 4.69) is 6.07 Å². The first-order valence-corrected chi connectivity index (χ1v) is 12.4. The molecule has 3 saturated heterocycles. The molecule has 0 aromatic heterocycles. The summed E-state index contributed by atoms with van der Waals surface area (Å²) >= 11 is 0. The van der Waals surface area contributed by atoms with E-state index in [0.717, 1.165) is 22.4 Å². The molecule has 38 heavy (non-hydrogen) atoms. The number of halogens is 3. The minimum atomic E-state index is -4.49. The van der Waals surface area contributed by atoms with E-state index in [1.807, 2.05) is 19.1 Å². The topological polar surface area (TPSA) is 79.6 Å². The van der Waals surface area contributed by atoms with Gasteiger partial charge in [-0.25, -0.2) is 4.90 Å². The van der Waals surface area contributed by atoms with Gasteiger partial charge in [0.25, 0.3) is 0 Å². The van der Waals surface area contributed by atoms with Crippen LogP contribution in [0.1, 0.15) is 37.3 Å². The summed E-state index contributed by atoms with van der Waals surface area (Å²) < 4.78 is 51.3. The molecule has 4 unspecified atom stereocenters. The summed E-state index contributed by atoms with van der Waals surface area (Å²) in [5.41, 5.74) is -2.13. The molecule has 194 valence electrons. The minimum absolute atomic E-state index is 0.0154. The molecule has 0 spiro atoms. The highest BCUT2D eigenvalue weighted by molar-refractivity contribution is 6.24. The molecule has 0 aliphatic carbocycles. The lowest BCUT2D eigenvalue weighted by Gasteiger charge is -2.31. The maximum atomic E-state index is 13.9. The number of carbonyl (C=O) groups is 2. The number of amides is 2. The molecule has 3 aliphatic rings. The molecule has 3 aromatic carbocycles. The molecular weight excluding hydrogens is 497 g/mol. The maximum absolute atomic E-state index is 13.9. The van der Waals surface area contributed by atoms with Crippen LogP contribution >= 0.6 is 0 Å². The Morgan fingerprint density at radius 3 is 2.58 bits per heavy atom. The molecule has 2 amide bonds. The first kappa shape index (κ1) is 24.4. The third kappa shape index (κ3) is 3.51. The molecule has 2 bridgehead atoms. The van der Waals surface area contributed by atoms with E-state index >= 15 is 0 Å². The Bertz CT molecular complexity index is 1530. The average molecular weight is 521 g/mol. The Balaban J connectivity index is 1.29. The smallest absolute Gasteiger partial charge is 0.416 e. The van der Waals surface area contributed by atoms with Gasteiger partial charge in [-0.15, -0.1) is 0 Å². The summed E-state index contributed by atoms with van der Waals surface area (Å²) in [6.07, 6.45) is -3.17. The second-order valence-electron chi connectivity index (χ2n) is 10.4. The van der Waals surface area contributed by atoms with Crippen LogP contribution in [0.5, 0.6) is 5.75 Å². The van der Waals surface area contributed by atoms with Crippen LogP contribution in [0.25, 0.3) is 10.8 Å². The highest BCUT2D eigenvalue weighted by Gasteiger charge is 2.74. The van der Waals surface area contributed by atoms with Crippen molar-refractivity contribution in [3.05, 3.63) is 71.8 Å². The van der Waals surface area contributed by atoms with E-state index < -0.39 is 46.6 Å². The second-order valence-corrected chi connectivity index (χ2v) is 10.4. The Labute approximate surface area is 216 Å². The number of nitrogens with zero attached hydrogens (tertiary/aromatic N) is 2. The number of carbonyl (C=O) groups excluding carboxylic acids is 2. The van der Waals surface area contributed by atoms with Gasteiger partial charge in [0.05, 0.1) is 46.5 Å². The first-order valence-electron chi connectivity index (χ1n) is 12.4. The number of hydrogen-bond acceptors (Lipinski definition) is 5. The Morgan fingerprint density at radius 1 is 1.05 bits per heavy atom. The highest BCUT2D eigenvalue weighted by atomic mass is 19.4. The van der Waals surface area contributed by atoms with E-state index in [-0.39, 0.29) is 30.0 Å². The van der Waals surface area contributed by atoms with Crippen molar-refractivity contribution in [3.8, 4) is 11.8 Å². The van der Waals surface area contributed by atoms with Crippen LogP contribution in [0.2, 0.25) is 0 Å². The zero-order valence-corrected chi connectivity index (χ0v) is 20.4. The number of fused-ring (bicyclic) bond motifs is 6. The molecule has 4 atom stereocenters. The summed E-state index contributed by atoms with van der Waals surface area (Å²) in [6, 6.07) is 17.5. The van der Waals surface area contributed by atoms with Crippen LogP contribution in [0.15, 0.2) is 60.7 Å². The van der Waals surface area contributed by atoms with Crippen molar-refractivity contribution in [1.82, 2.24) is 0 Å². The van der Waals surface area contributed by atoms with Crippen molar-refractivity contribution < 1.29 is 32.2 Å². The van der Waals surface area contributed by atoms with E-state index in [0.29, 0.717) is 18.2 Å². The molecule has 3 fully saturated rings. The molecule has 3 aliphatic heterocycles. The van der Waals surface area contributed by atoms with Crippen LogP contribution in [0, 0.1) is 23.2 Å². The number of hydrogen-bond donors (Lipinski definition) is 0. The van der Waals surface area contributed by atoms with Gasteiger partial charge < -0.3 is 9.47 Å². The quantitative estimate of drug-likeness (QED) is 0.408. The zero-order chi connectivity index (χ0) is 26.9. The SMILES string of the molecule is CC12CCC(CCOc3cccc(C(F)(F)F)c3)(O1)C1C(=O)N(c3ccc4ccccc4c3C#N)C(=O)C12. The predicted molar refractivity (Wildman–Crippen MR) is 131 cm³/mol. The molecule has 0 N–H and O–H groups in total. The summed E-state index contributed by atoms with van der Waals surface area (Å²) in [5.74, 6) is -2.23. The molecule has 0 radical (unpaired) electrons. The normalized spacial score (nSPS) is 28.1. The number of nitriles is 1. The van der Waals surface area contributed by atoms with Gasteiger partial charge in [0.15, 0.2) is 0 Å². The molecule has 9 heteroatoms. The second kappa shape index (κ2) is 8.30. The van der Waals surface area contributed by atoms with Crippen LogP contribution in [-0.4, -0.2) is 29.6 Å². The molecule has 3 aromatic rings. The molecule has 6 rings (SSSR count). The van der Waals surface area contributed by atoms with E-state index in [1.165, 1.54) is 12.1 Å². The van der Waals surface area contributed by atoms with Crippen LogP contribution in [0.4, 0.5) is 18.9 Å². The number of benzene rings is 3. The van der Waals surface area contributed by atoms with Crippen molar-refractivity contribution >= 4 is 28.3 Å². The third-order valence-electron chi connectivity index (χ3n) is 8.23. The van der Waals surface area contributed by atoms with Gasteiger partial charge in [-0.05, 0) is 49.4 Å². The number of imide groups is 1. The fourth-order valence-corrected chi connectivity index (χ4v) is 6.52. The van der Waals surface area contributed by atoms with Crippen LogP contribution in [-0.2, 0) is 20.5 Å². The van der Waals surface area contributed by atoms with Crippen molar-refractivity contribution in [1.29, 1.82) is 5.26 Å². The van der Waals surface area contributed by atoms with Gasteiger partial charge in [0, 0.05) is 11.8 Å². The van der Waals surface area contributed by atoms with Gasteiger partial charge in [-0.1, -0.05) is 36.4 Å². The third-order valence-corrected chi connectivity index (χ3v) is 8.23. The summed E-state index contributed by atoms with van der Waals surface area (Å²) in [7, 11) is 0. The van der Waals surface area contributed by atoms with Crippen LogP contribution in [0.3, 0.4) is 0 Å². The van der Waals surface area contributed by atoms with E-state index in [4.69, 9.17) is 9.47 Å². The summed E-state index contributed by atoms with van der Waals surface area (Å²) in [5, 5.41) is 11.4. The first-order chi connectivity index (χ1) is 18.1. The lowest BCUT2D eigenvalue weighted by atomic mass is 9.67. The number of ether oxygens (including phenoxy) is 2. The van der Waals surface area contributed by atoms with Crippen molar-refractivity contribution in [2.45, 2.75) is 43.6 Å². The van der Waals surface area contributed by atoms with E-state index in [1.54, 1.807) is 24.3 Å². The largest absolute Gasteiger partial charge is 0.493 e. The Morgan fingerprint density at radius 2 is 1.82 bits per heavy atom. The standard InChI is InChI=1S/C29H23F3N2O4/c1-27-11-12-28(38-27,13-14-37-19-7-4-6-18(15-19)29(30,31)32)24-23(27)25(35)34(26(24)36)22-10-9-17-5-2-3-8-20(17)21(22)16-33/h2-10,15,23-24H,11-14H2,1H3. The number of alkyl halides is 3. The predicted octanol–water partition coefficient (Wildman–Crippen LogP) is 5.63.